The van der Waals surface area contributed by atoms with E-state index in [0.717, 1.165) is 6.07 Å². The van der Waals surface area contributed by atoms with Crippen LogP contribution in [0.4, 0.5) is 8.78 Å². The first-order valence-corrected chi connectivity index (χ1v) is 6.20. The second kappa shape index (κ2) is 6.44. The second-order valence-corrected chi connectivity index (χ2v) is 4.51. The van der Waals surface area contributed by atoms with Crippen LogP contribution in [0.3, 0.4) is 0 Å². The van der Waals surface area contributed by atoms with Gasteiger partial charge in [0.25, 0.3) is 6.43 Å². The quantitative estimate of drug-likeness (QED) is 0.460. The Morgan fingerprint density at radius 2 is 2.29 bits per heavy atom. The number of halogens is 4. The molecule has 0 amide bonds. The molecule has 0 atom stereocenters. The van der Waals surface area contributed by atoms with Crippen LogP contribution in [0.25, 0.3) is 0 Å². The lowest BCUT2D eigenvalue weighted by atomic mass is 10.2. The van der Waals surface area contributed by atoms with Gasteiger partial charge in [0.05, 0.1) is 13.0 Å². The van der Waals surface area contributed by atoms with Gasteiger partial charge >= 0.3 is 5.97 Å². The van der Waals surface area contributed by atoms with Crippen molar-refractivity contribution in [3.63, 3.8) is 0 Å². The number of carbonyl (C=O) groups excluding carboxylic acids is 1. The first kappa shape index (κ1) is 14.6. The van der Waals surface area contributed by atoms with Gasteiger partial charge in [-0.2, -0.15) is 0 Å². The van der Waals surface area contributed by atoms with E-state index in [1.165, 1.54) is 0 Å². The van der Waals surface area contributed by atoms with Gasteiger partial charge in [0, 0.05) is 10.6 Å². The molecule has 0 bridgehead atoms. The summed E-state index contributed by atoms with van der Waals surface area (Å²) < 4.78 is 29.9. The van der Waals surface area contributed by atoms with E-state index in [0.29, 0.717) is 9.26 Å². The lowest BCUT2D eigenvalue weighted by Gasteiger charge is -2.08. The summed E-state index contributed by atoms with van der Waals surface area (Å²) in [7, 11) is 0. The molecule has 0 spiro atoms. The summed E-state index contributed by atoms with van der Waals surface area (Å²) in [6, 6.07) is 1.07. The number of esters is 1. The van der Waals surface area contributed by atoms with E-state index in [4.69, 9.17) is 16.3 Å². The Kier molecular flexibility index (Phi) is 5.51. The van der Waals surface area contributed by atoms with Crippen molar-refractivity contribution < 1.29 is 18.3 Å². The molecular formula is C10H9ClF2INO2. The first-order valence-electron chi connectivity index (χ1n) is 4.74. The predicted octanol–water partition coefficient (Wildman–Crippen LogP) is 3.38. The molecule has 0 aromatic carbocycles. The highest BCUT2D eigenvalue weighted by molar-refractivity contribution is 14.1. The van der Waals surface area contributed by atoms with Gasteiger partial charge in [-0.3, -0.25) is 4.79 Å². The number of ether oxygens (including phenoxy) is 1. The number of hydrogen-bond donors (Lipinski definition) is 0. The first-order chi connectivity index (χ1) is 7.95. The molecule has 0 unspecified atom stereocenters. The number of aromatic nitrogens is 1. The molecule has 1 aromatic heterocycles. The molecule has 1 aromatic rings. The Balaban J connectivity index is 2.97. The number of alkyl halides is 2. The molecule has 0 fully saturated rings. The Labute approximate surface area is 116 Å². The van der Waals surface area contributed by atoms with Crippen molar-refractivity contribution in [2.45, 2.75) is 19.8 Å². The van der Waals surface area contributed by atoms with Gasteiger partial charge in [-0.15, -0.1) is 0 Å². The fourth-order valence-electron chi connectivity index (χ4n) is 1.15. The summed E-state index contributed by atoms with van der Waals surface area (Å²) in [5.74, 6) is -0.459. The molecular weight excluding hydrogens is 366 g/mol. The molecule has 94 valence electrons. The zero-order valence-electron chi connectivity index (χ0n) is 8.84. The Morgan fingerprint density at radius 1 is 1.65 bits per heavy atom. The lowest BCUT2D eigenvalue weighted by Crippen LogP contribution is -2.10. The molecule has 0 N–H and O–H groups in total. The smallest absolute Gasteiger partial charge is 0.310 e. The molecule has 0 aliphatic heterocycles. The minimum absolute atomic E-state index is 0.0680. The van der Waals surface area contributed by atoms with Crippen molar-refractivity contribution in [3.8, 4) is 0 Å². The minimum Gasteiger partial charge on any atom is -0.466 e. The van der Waals surface area contributed by atoms with E-state index < -0.39 is 18.1 Å². The van der Waals surface area contributed by atoms with Crippen LogP contribution in [0.2, 0.25) is 5.02 Å². The minimum atomic E-state index is -2.68. The number of hydrogen-bond acceptors (Lipinski definition) is 3. The molecule has 1 heterocycles. The molecule has 0 saturated carbocycles. The summed E-state index contributed by atoms with van der Waals surface area (Å²) in [5.41, 5.74) is 0.0159. The van der Waals surface area contributed by atoms with E-state index in [2.05, 4.69) is 4.98 Å². The normalized spacial score (nSPS) is 10.7. The molecule has 0 radical (unpaired) electrons. The van der Waals surface area contributed by atoms with Gasteiger partial charge in [0.15, 0.2) is 0 Å². The third kappa shape index (κ3) is 4.02. The maximum Gasteiger partial charge on any atom is 0.310 e. The second-order valence-electron chi connectivity index (χ2n) is 3.08. The van der Waals surface area contributed by atoms with Gasteiger partial charge in [-0.1, -0.05) is 11.6 Å². The van der Waals surface area contributed by atoms with Crippen molar-refractivity contribution in [1.29, 1.82) is 0 Å². The Bertz CT molecular complexity index is 406. The number of carbonyl (C=O) groups is 1. The van der Waals surface area contributed by atoms with Crippen LogP contribution in [-0.2, 0) is 16.0 Å². The molecule has 1 rings (SSSR count). The van der Waals surface area contributed by atoms with Crippen LogP contribution in [0.15, 0.2) is 6.07 Å². The van der Waals surface area contributed by atoms with Gasteiger partial charge in [-0.05, 0) is 35.6 Å². The zero-order valence-corrected chi connectivity index (χ0v) is 11.8. The van der Waals surface area contributed by atoms with Gasteiger partial charge in [0.1, 0.15) is 9.39 Å². The SMILES string of the molecule is CCOC(=O)Cc1c(Cl)cc(C(F)F)nc1I. The number of rotatable bonds is 4. The standard InChI is InChI=1S/C10H9ClF2INO2/c1-2-17-8(16)3-5-6(11)4-7(9(12)13)15-10(5)14/h4,9H,2-3H2,1H3. The van der Waals surface area contributed by atoms with Crippen molar-refractivity contribution in [2.24, 2.45) is 0 Å². The van der Waals surface area contributed by atoms with Crippen LogP contribution in [-0.4, -0.2) is 17.6 Å². The van der Waals surface area contributed by atoms with E-state index in [9.17, 15) is 13.6 Å². The Morgan fingerprint density at radius 3 is 2.76 bits per heavy atom. The van der Waals surface area contributed by atoms with Crippen LogP contribution < -0.4 is 0 Å². The van der Waals surface area contributed by atoms with Gasteiger partial charge in [-0.25, -0.2) is 13.8 Å². The monoisotopic (exact) mass is 375 g/mol. The molecule has 7 heteroatoms. The van der Waals surface area contributed by atoms with Crippen LogP contribution in [0, 0.1) is 3.70 Å². The highest BCUT2D eigenvalue weighted by atomic mass is 127. The fourth-order valence-corrected chi connectivity index (χ4v) is 2.34. The summed E-state index contributed by atoms with van der Waals surface area (Å²) in [4.78, 5) is 15.0. The summed E-state index contributed by atoms with van der Waals surface area (Å²) in [6.07, 6.45) is -2.75. The summed E-state index contributed by atoms with van der Waals surface area (Å²) >= 11 is 7.61. The van der Waals surface area contributed by atoms with E-state index in [1.54, 1.807) is 29.5 Å². The zero-order chi connectivity index (χ0) is 13.0. The lowest BCUT2D eigenvalue weighted by molar-refractivity contribution is -0.142. The van der Waals surface area contributed by atoms with Crippen LogP contribution >= 0.6 is 34.2 Å². The van der Waals surface area contributed by atoms with Crippen molar-refractivity contribution >= 4 is 40.2 Å². The van der Waals surface area contributed by atoms with E-state index >= 15 is 0 Å². The maximum absolute atomic E-state index is 12.4. The fraction of sp³-hybridized carbons (Fsp3) is 0.400. The van der Waals surface area contributed by atoms with Crippen molar-refractivity contribution in [3.05, 3.63) is 26.0 Å². The molecule has 17 heavy (non-hydrogen) atoms. The van der Waals surface area contributed by atoms with Gasteiger partial charge < -0.3 is 4.74 Å². The molecule has 0 aliphatic carbocycles. The van der Waals surface area contributed by atoms with Crippen LogP contribution in [0.1, 0.15) is 24.6 Å². The van der Waals surface area contributed by atoms with Crippen molar-refractivity contribution in [1.82, 2.24) is 4.98 Å². The third-order valence-electron chi connectivity index (χ3n) is 1.89. The molecule has 0 saturated heterocycles. The summed E-state index contributed by atoms with van der Waals surface area (Å²) in [5, 5.41) is 0.104. The topological polar surface area (TPSA) is 39.2 Å². The average Bonchev–Trinajstić information content (AvgIpc) is 2.23. The maximum atomic E-state index is 12.4. The van der Waals surface area contributed by atoms with Crippen LogP contribution in [0.5, 0.6) is 0 Å². The van der Waals surface area contributed by atoms with Gasteiger partial charge in [0.2, 0.25) is 0 Å². The highest BCUT2D eigenvalue weighted by Gasteiger charge is 2.17. The number of nitrogens with zero attached hydrogens (tertiary/aromatic N) is 1. The third-order valence-corrected chi connectivity index (χ3v) is 3.12. The highest BCUT2D eigenvalue weighted by Crippen LogP contribution is 2.27. The predicted molar refractivity (Wildman–Crippen MR) is 67.3 cm³/mol. The van der Waals surface area contributed by atoms with E-state index in [-0.39, 0.29) is 18.1 Å². The Hall–Kier alpha value is -0.500. The molecule has 3 nitrogen and oxygen atoms in total. The molecule has 0 aliphatic rings. The summed E-state index contributed by atoms with van der Waals surface area (Å²) in [6.45, 7) is 1.94. The average molecular weight is 376 g/mol. The largest absolute Gasteiger partial charge is 0.466 e. The van der Waals surface area contributed by atoms with Crippen molar-refractivity contribution in [2.75, 3.05) is 6.61 Å². The number of pyridine rings is 1. The van der Waals surface area contributed by atoms with E-state index in [1.807, 2.05) is 0 Å².